The van der Waals surface area contributed by atoms with Gasteiger partial charge in [0.1, 0.15) is 12.6 Å². The molecule has 0 saturated heterocycles. The van der Waals surface area contributed by atoms with Crippen molar-refractivity contribution in [2.75, 3.05) is 17.1 Å². The van der Waals surface area contributed by atoms with Gasteiger partial charge in [0, 0.05) is 12.6 Å². The summed E-state index contributed by atoms with van der Waals surface area (Å²) >= 11 is 12.2. The molecule has 186 valence electrons. The Morgan fingerprint density at radius 2 is 1.68 bits per heavy atom. The molecule has 7 nitrogen and oxygen atoms in total. The van der Waals surface area contributed by atoms with E-state index in [4.69, 9.17) is 23.2 Å². The second kappa shape index (κ2) is 11.4. The highest BCUT2D eigenvalue weighted by molar-refractivity contribution is 7.92. The maximum Gasteiger partial charge on any atom is 0.244 e. The Labute approximate surface area is 212 Å². The van der Waals surface area contributed by atoms with Crippen LogP contribution in [0.4, 0.5) is 5.69 Å². The molecule has 2 aromatic carbocycles. The first-order valence-corrected chi connectivity index (χ1v) is 13.4. The number of anilines is 1. The van der Waals surface area contributed by atoms with Crippen LogP contribution in [0.25, 0.3) is 0 Å². The van der Waals surface area contributed by atoms with Crippen LogP contribution in [0, 0.1) is 13.8 Å². The van der Waals surface area contributed by atoms with Gasteiger partial charge in [-0.2, -0.15) is 0 Å². The topological polar surface area (TPSA) is 86.8 Å². The number of nitrogens with one attached hydrogen (secondary N) is 1. The summed E-state index contributed by atoms with van der Waals surface area (Å²) in [4.78, 5) is 27.7. The first kappa shape index (κ1) is 28.0. The van der Waals surface area contributed by atoms with Crippen LogP contribution < -0.4 is 9.62 Å². The van der Waals surface area contributed by atoms with Crippen molar-refractivity contribution in [2.24, 2.45) is 0 Å². The van der Waals surface area contributed by atoms with Gasteiger partial charge in [-0.1, -0.05) is 41.4 Å². The Balaban J connectivity index is 2.46. The molecule has 0 unspecified atom stereocenters. The molecule has 0 aliphatic heterocycles. The van der Waals surface area contributed by atoms with Gasteiger partial charge in [0.05, 0.1) is 22.0 Å². The molecule has 2 amide bonds. The monoisotopic (exact) mass is 527 g/mol. The first-order chi connectivity index (χ1) is 15.7. The zero-order valence-electron chi connectivity index (χ0n) is 20.2. The Morgan fingerprint density at radius 3 is 2.24 bits per heavy atom. The predicted molar refractivity (Wildman–Crippen MR) is 138 cm³/mol. The largest absolute Gasteiger partial charge is 0.352 e. The molecule has 2 rings (SSSR count). The highest BCUT2D eigenvalue weighted by atomic mass is 35.5. The third-order valence-corrected chi connectivity index (χ3v) is 7.32. The predicted octanol–water partition coefficient (Wildman–Crippen LogP) is 4.32. The molecule has 34 heavy (non-hydrogen) atoms. The fraction of sp³-hybridized carbons (Fsp3) is 0.417. The zero-order chi connectivity index (χ0) is 25.8. The van der Waals surface area contributed by atoms with Crippen molar-refractivity contribution in [1.82, 2.24) is 10.2 Å². The molecule has 1 atom stereocenters. The highest BCUT2D eigenvalue weighted by Gasteiger charge is 2.31. The molecule has 1 N–H and O–H groups in total. The number of hydrogen-bond donors (Lipinski definition) is 1. The Kier molecular flexibility index (Phi) is 9.39. The molecule has 0 bridgehead atoms. The highest BCUT2D eigenvalue weighted by Crippen LogP contribution is 2.26. The number of hydrogen-bond acceptors (Lipinski definition) is 4. The summed E-state index contributed by atoms with van der Waals surface area (Å²) in [6.45, 7) is 8.52. The van der Waals surface area contributed by atoms with E-state index < -0.39 is 28.5 Å². The SMILES string of the molecule is Cc1cccc(N(CC(=O)N(Cc2ccc(Cl)c(Cl)c2)[C@H](C)C(=O)NC(C)C)S(C)(=O)=O)c1C. The summed E-state index contributed by atoms with van der Waals surface area (Å²) in [5, 5.41) is 3.49. The summed E-state index contributed by atoms with van der Waals surface area (Å²) in [5.74, 6) is -0.870. The van der Waals surface area contributed by atoms with Crippen LogP contribution in [0.1, 0.15) is 37.5 Å². The van der Waals surface area contributed by atoms with E-state index >= 15 is 0 Å². The molecule has 0 aliphatic carbocycles. The van der Waals surface area contributed by atoms with Crippen molar-refractivity contribution in [3.8, 4) is 0 Å². The van der Waals surface area contributed by atoms with Gasteiger partial charge < -0.3 is 10.2 Å². The van der Waals surface area contributed by atoms with Crippen molar-refractivity contribution < 1.29 is 18.0 Å². The fourth-order valence-corrected chi connectivity index (χ4v) is 4.64. The number of rotatable bonds is 9. The summed E-state index contributed by atoms with van der Waals surface area (Å²) < 4.78 is 26.4. The van der Waals surface area contributed by atoms with Crippen molar-refractivity contribution in [3.63, 3.8) is 0 Å². The number of aryl methyl sites for hydroxylation is 1. The Morgan fingerprint density at radius 1 is 1.03 bits per heavy atom. The number of benzene rings is 2. The quantitative estimate of drug-likeness (QED) is 0.526. The molecular formula is C24H31Cl2N3O4S. The summed E-state index contributed by atoms with van der Waals surface area (Å²) in [6.07, 6.45) is 1.06. The van der Waals surface area contributed by atoms with E-state index in [2.05, 4.69) is 5.32 Å². The summed E-state index contributed by atoms with van der Waals surface area (Å²) in [6, 6.07) is 9.23. The lowest BCUT2D eigenvalue weighted by atomic mass is 10.1. The van der Waals surface area contributed by atoms with Gasteiger partial charge in [-0.05, 0) is 69.5 Å². The van der Waals surface area contributed by atoms with Gasteiger partial charge in [0.15, 0.2) is 0 Å². The lowest BCUT2D eigenvalue weighted by molar-refractivity contribution is -0.139. The van der Waals surface area contributed by atoms with Crippen molar-refractivity contribution in [3.05, 3.63) is 63.1 Å². The van der Waals surface area contributed by atoms with Gasteiger partial charge >= 0.3 is 0 Å². The lowest BCUT2D eigenvalue weighted by Gasteiger charge is -2.32. The Bertz CT molecular complexity index is 1170. The Hall–Kier alpha value is -2.29. The van der Waals surface area contributed by atoms with Crippen LogP contribution >= 0.6 is 23.2 Å². The average Bonchev–Trinajstić information content (AvgIpc) is 2.73. The van der Waals surface area contributed by atoms with E-state index in [0.717, 1.165) is 21.7 Å². The van der Waals surface area contributed by atoms with E-state index in [1.165, 1.54) is 4.90 Å². The normalized spacial score (nSPS) is 12.4. The maximum atomic E-state index is 13.5. The van der Waals surface area contributed by atoms with Crippen LogP contribution in [0.15, 0.2) is 36.4 Å². The summed E-state index contributed by atoms with van der Waals surface area (Å²) in [7, 11) is -3.79. The zero-order valence-corrected chi connectivity index (χ0v) is 22.6. The maximum absolute atomic E-state index is 13.5. The van der Waals surface area contributed by atoms with Crippen molar-refractivity contribution >= 4 is 50.7 Å². The number of halogens is 2. The number of amides is 2. The summed E-state index contributed by atoms with van der Waals surface area (Å²) in [5.41, 5.74) is 2.73. The number of sulfonamides is 1. The standard InChI is InChI=1S/C24H31Cl2N3O4S/c1-15(2)27-24(31)18(5)28(13-19-10-11-20(25)21(26)12-19)23(30)14-29(34(6,32)33)22-9-7-8-16(3)17(22)4/h7-12,15,18H,13-14H2,1-6H3,(H,27,31)/t18-/m1/s1. The number of nitrogens with zero attached hydrogens (tertiary/aromatic N) is 2. The van der Waals surface area contributed by atoms with Crippen molar-refractivity contribution in [2.45, 2.75) is 53.2 Å². The van der Waals surface area contributed by atoms with E-state index in [9.17, 15) is 18.0 Å². The molecule has 0 aliphatic rings. The molecule has 0 fully saturated rings. The van der Waals surface area contributed by atoms with Crippen molar-refractivity contribution in [1.29, 1.82) is 0 Å². The van der Waals surface area contributed by atoms with Crippen LogP contribution in [-0.4, -0.2) is 50.0 Å². The second-order valence-corrected chi connectivity index (χ2v) is 11.3. The van der Waals surface area contributed by atoms with Crippen LogP contribution in [-0.2, 0) is 26.2 Å². The van der Waals surface area contributed by atoms with Gasteiger partial charge in [-0.25, -0.2) is 8.42 Å². The van der Waals surface area contributed by atoms with Gasteiger partial charge in [-0.15, -0.1) is 0 Å². The minimum atomic E-state index is -3.79. The third-order valence-electron chi connectivity index (χ3n) is 5.46. The van der Waals surface area contributed by atoms with E-state index in [1.54, 1.807) is 44.2 Å². The minimum Gasteiger partial charge on any atom is -0.352 e. The molecule has 0 radical (unpaired) electrons. The van der Waals surface area contributed by atoms with E-state index in [1.807, 2.05) is 26.8 Å². The lowest BCUT2D eigenvalue weighted by Crippen LogP contribution is -2.52. The molecule has 0 saturated carbocycles. The van der Waals surface area contributed by atoms with Gasteiger partial charge in [-0.3, -0.25) is 13.9 Å². The molecule has 0 heterocycles. The average molecular weight is 529 g/mol. The third kappa shape index (κ3) is 7.10. The molecule has 0 aromatic heterocycles. The van der Waals surface area contributed by atoms with Crippen LogP contribution in [0.5, 0.6) is 0 Å². The first-order valence-electron chi connectivity index (χ1n) is 10.8. The van der Waals surface area contributed by atoms with Crippen LogP contribution in [0.2, 0.25) is 10.0 Å². The second-order valence-electron chi connectivity index (χ2n) is 8.60. The van der Waals surface area contributed by atoms with Crippen LogP contribution in [0.3, 0.4) is 0 Å². The number of carbonyl (C=O) groups excluding carboxylic acids is 2. The smallest absolute Gasteiger partial charge is 0.244 e. The molecule has 2 aromatic rings. The molecule has 10 heteroatoms. The van der Waals surface area contributed by atoms with E-state index in [-0.39, 0.29) is 18.5 Å². The molecule has 0 spiro atoms. The molecular weight excluding hydrogens is 497 g/mol. The van der Waals surface area contributed by atoms with E-state index in [0.29, 0.717) is 21.3 Å². The number of carbonyl (C=O) groups is 2. The minimum absolute atomic E-state index is 0.0484. The fourth-order valence-electron chi connectivity index (χ4n) is 3.42. The van der Waals surface area contributed by atoms with Gasteiger partial charge in [0.2, 0.25) is 21.8 Å². The van der Waals surface area contributed by atoms with Gasteiger partial charge in [0.25, 0.3) is 0 Å².